The highest BCUT2D eigenvalue weighted by atomic mass is 32.2. The number of hydrogen-bond donors (Lipinski definition) is 4. The lowest BCUT2D eigenvalue weighted by atomic mass is 9.99. The zero-order chi connectivity index (χ0) is 28.0. The van der Waals surface area contributed by atoms with Crippen molar-refractivity contribution in [3.8, 4) is 0 Å². The number of nitrogens with zero attached hydrogens (tertiary/aromatic N) is 1. The zero-order valence-electron chi connectivity index (χ0n) is 21.6. The molecule has 2 aliphatic rings. The fraction of sp³-hybridized carbons (Fsp3) is 0.321. The third-order valence-corrected chi connectivity index (χ3v) is 8.65. The summed E-state index contributed by atoms with van der Waals surface area (Å²) in [5.74, 6) is -0.0372. The van der Waals surface area contributed by atoms with Gasteiger partial charge in [-0.15, -0.1) is 0 Å². The highest BCUT2D eigenvalue weighted by Crippen LogP contribution is 2.30. The fourth-order valence-electron chi connectivity index (χ4n) is 4.85. The first-order valence-corrected chi connectivity index (χ1v) is 14.2. The molecule has 0 unspecified atom stereocenters. The van der Waals surface area contributed by atoms with Gasteiger partial charge in [0.2, 0.25) is 15.9 Å². The minimum Gasteiger partial charge on any atom is -0.483 e. The van der Waals surface area contributed by atoms with Gasteiger partial charge in [-0.3, -0.25) is 14.4 Å². The summed E-state index contributed by atoms with van der Waals surface area (Å²) in [5, 5.41) is 14.1. The molecule has 0 radical (unpaired) electrons. The van der Waals surface area contributed by atoms with Crippen LogP contribution in [0.15, 0.2) is 65.6 Å². The number of likely N-dealkylation sites (tertiary alicyclic amines) is 1. The predicted molar refractivity (Wildman–Crippen MR) is 148 cm³/mol. The number of benzene rings is 3. The van der Waals surface area contributed by atoms with Crippen LogP contribution in [0.4, 0.5) is 5.69 Å². The molecule has 11 heteroatoms. The molecule has 3 aromatic rings. The van der Waals surface area contributed by atoms with Crippen molar-refractivity contribution in [2.45, 2.75) is 30.7 Å². The van der Waals surface area contributed by atoms with Gasteiger partial charge in [-0.2, -0.15) is 0 Å². The van der Waals surface area contributed by atoms with Gasteiger partial charge in [-0.25, -0.2) is 13.1 Å². The summed E-state index contributed by atoms with van der Waals surface area (Å²) in [4.78, 5) is 35.7. The predicted octanol–water partition coefficient (Wildman–Crippen LogP) is 2.59. The molecule has 0 spiro atoms. The Kier molecular flexibility index (Phi) is 8.95. The topological polar surface area (TPSA) is 145 Å². The van der Waals surface area contributed by atoms with Crippen LogP contribution in [0, 0.1) is 12.8 Å². The van der Waals surface area contributed by atoms with Crippen molar-refractivity contribution < 1.29 is 27.9 Å². The molecule has 0 atom stereocenters. The van der Waals surface area contributed by atoms with Gasteiger partial charge in [0, 0.05) is 54.2 Å². The summed E-state index contributed by atoms with van der Waals surface area (Å²) in [6.07, 6.45) is 1.15. The van der Waals surface area contributed by atoms with Crippen molar-refractivity contribution in [3.05, 3.63) is 71.8 Å². The summed E-state index contributed by atoms with van der Waals surface area (Å²) in [6, 6.07) is 17.4. The van der Waals surface area contributed by atoms with E-state index in [2.05, 4.69) is 15.4 Å². The number of rotatable bonds is 6. The second kappa shape index (κ2) is 12.4. The van der Waals surface area contributed by atoms with E-state index in [1.165, 1.54) is 0 Å². The number of piperidine rings is 1. The van der Waals surface area contributed by atoms with Gasteiger partial charge in [-0.1, -0.05) is 42.5 Å². The van der Waals surface area contributed by atoms with E-state index in [1.807, 2.05) is 36.1 Å². The van der Waals surface area contributed by atoms with Crippen LogP contribution in [0.5, 0.6) is 0 Å². The van der Waals surface area contributed by atoms with E-state index in [4.69, 9.17) is 9.90 Å². The van der Waals surface area contributed by atoms with Crippen molar-refractivity contribution in [2.24, 2.45) is 5.92 Å². The number of sulfonamides is 1. The number of amides is 2. The number of nitrogens with one attached hydrogen (secondary N) is 3. The molecule has 10 nitrogen and oxygen atoms in total. The molecule has 4 N–H and O–H groups in total. The molecule has 39 heavy (non-hydrogen) atoms. The second-order valence-corrected chi connectivity index (χ2v) is 11.3. The molecular formula is C28H32N4O6S. The Morgan fingerprint density at radius 1 is 0.974 bits per heavy atom. The number of carboxylic acid groups (broad SMARTS) is 1. The van der Waals surface area contributed by atoms with Gasteiger partial charge in [0.25, 0.3) is 12.4 Å². The molecule has 2 heterocycles. The van der Waals surface area contributed by atoms with Crippen LogP contribution in [0.2, 0.25) is 0 Å². The smallest absolute Gasteiger partial charge is 0.290 e. The van der Waals surface area contributed by atoms with Crippen molar-refractivity contribution in [1.29, 1.82) is 0 Å². The Balaban J connectivity index is 0.00000112. The molecule has 0 aromatic heterocycles. The maximum atomic E-state index is 13.4. The van der Waals surface area contributed by atoms with Crippen molar-refractivity contribution in [3.63, 3.8) is 0 Å². The van der Waals surface area contributed by atoms with Crippen molar-refractivity contribution in [1.82, 2.24) is 14.9 Å². The maximum absolute atomic E-state index is 13.4. The summed E-state index contributed by atoms with van der Waals surface area (Å²) in [7, 11) is -3.81. The van der Waals surface area contributed by atoms with E-state index in [9.17, 15) is 18.0 Å². The van der Waals surface area contributed by atoms with E-state index in [0.717, 1.165) is 18.7 Å². The number of hydrogen-bond acceptors (Lipinski definition) is 6. The largest absolute Gasteiger partial charge is 0.483 e. The molecule has 0 bridgehead atoms. The van der Waals surface area contributed by atoms with E-state index < -0.39 is 10.0 Å². The van der Waals surface area contributed by atoms with Gasteiger partial charge in [0.05, 0.1) is 10.8 Å². The number of carbonyl (C=O) groups is 3. The van der Waals surface area contributed by atoms with E-state index >= 15 is 0 Å². The molecule has 2 fully saturated rings. The fourth-order valence-corrected chi connectivity index (χ4v) is 6.37. The van der Waals surface area contributed by atoms with Crippen LogP contribution in [0.25, 0.3) is 10.8 Å². The summed E-state index contributed by atoms with van der Waals surface area (Å²) in [5.41, 5.74) is 1.98. The Hall–Kier alpha value is -3.80. The Labute approximate surface area is 227 Å². The summed E-state index contributed by atoms with van der Waals surface area (Å²) >= 11 is 0. The lowest BCUT2D eigenvalue weighted by Crippen LogP contribution is -2.55. The molecule has 2 amide bonds. The second-order valence-electron chi connectivity index (χ2n) is 9.61. The highest BCUT2D eigenvalue weighted by molar-refractivity contribution is 7.89. The minimum atomic E-state index is -3.81. The van der Waals surface area contributed by atoms with Crippen LogP contribution < -0.4 is 15.4 Å². The van der Waals surface area contributed by atoms with Crippen molar-refractivity contribution >= 4 is 44.8 Å². The molecule has 206 valence electrons. The average molecular weight is 553 g/mol. The first-order chi connectivity index (χ1) is 18.7. The van der Waals surface area contributed by atoms with Crippen LogP contribution in [0.3, 0.4) is 0 Å². The molecular weight excluding hydrogens is 520 g/mol. The zero-order valence-corrected chi connectivity index (χ0v) is 22.4. The lowest BCUT2D eigenvalue weighted by molar-refractivity contribution is -0.138. The summed E-state index contributed by atoms with van der Waals surface area (Å²) in [6.45, 7) is 4.17. The van der Waals surface area contributed by atoms with Gasteiger partial charge in [0.15, 0.2) is 0 Å². The standard InChI is InChI=1S/C27H30N4O4S.CH2O2/c1-18-6-2-3-7-21(18)26(32)29-24-10-11-25(23-9-5-4-8-22(23)24)36(34,35)30-20-12-14-31(15-13-20)27(33)19-16-28-17-19;2-1-3/h2-11,19-20,28,30H,12-17H2,1H3,(H,29,32);1H,(H,2,3). The van der Waals surface area contributed by atoms with Gasteiger partial charge in [0.1, 0.15) is 0 Å². The molecule has 0 saturated carbocycles. The normalized spacial score (nSPS) is 16.1. The maximum Gasteiger partial charge on any atom is 0.290 e. The van der Waals surface area contributed by atoms with Crippen LogP contribution in [-0.2, 0) is 19.6 Å². The minimum absolute atomic E-state index is 0.0504. The number of aryl methyl sites for hydroxylation is 1. The first kappa shape index (κ1) is 28.2. The number of anilines is 1. The van der Waals surface area contributed by atoms with Crippen LogP contribution in [-0.4, -0.2) is 68.9 Å². The van der Waals surface area contributed by atoms with E-state index in [1.54, 1.807) is 36.4 Å². The summed E-state index contributed by atoms with van der Waals surface area (Å²) < 4.78 is 29.7. The van der Waals surface area contributed by atoms with E-state index in [-0.39, 0.29) is 35.1 Å². The number of carbonyl (C=O) groups excluding carboxylic acids is 2. The lowest BCUT2D eigenvalue weighted by Gasteiger charge is -2.37. The Bertz CT molecular complexity index is 1460. The average Bonchev–Trinajstić information content (AvgIpc) is 2.88. The molecule has 2 saturated heterocycles. The number of fused-ring (bicyclic) bond motifs is 1. The quantitative estimate of drug-likeness (QED) is 0.344. The third-order valence-electron chi connectivity index (χ3n) is 7.07. The van der Waals surface area contributed by atoms with Gasteiger partial charge in [-0.05, 0) is 43.5 Å². The molecule has 3 aromatic carbocycles. The third kappa shape index (κ3) is 6.44. The molecule has 2 aliphatic heterocycles. The Morgan fingerprint density at radius 2 is 1.59 bits per heavy atom. The van der Waals surface area contributed by atoms with Gasteiger partial charge >= 0.3 is 0 Å². The monoisotopic (exact) mass is 552 g/mol. The van der Waals surface area contributed by atoms with Crippen molar-refractivity contribution in [2.75, 3.05) is 31.5 Å². The van der Waals surface area contributed by atoms with Crippen LogP contribution in [0.1, 0.15) is 28.8 Å². The van der Waals surface area contributed by atoms with Gasteiger partial charge < -0.3 is 20.6 Å². The Morgan fingerprint density at radius 3 is 2.21 bits per heavy atom. The van der Waals surface area contributed by atoms with Crippen LogP contribution >= 0.6 is 0 Å². The van der Waals surface area contributed by atoms with E-state index in [0.29, 0.717) is 48.0 Å². The first-order valence-electron chi connectivity index (χ1n) is 12.7. The highest BCUT2D eigenvalue weighted by Gasteiger charge is 2.33. The molecule has 5 rings (SSSR count). The molecule has 0 aliphatic carbocycles. The SMILES string of the molecule is Cc1ccccc1C(=O)Nc1ccc(S(=O)(=O)NC2CCN(C(=O)C3CNC3)CC2)c2ccccc12.O=CO.